The van der Waals surface area contributed by atoms with Crippen molar-refractivity contribution in [2.24, 2.45) is 0 Å². The van der Waals surface area contributed by atoms with E-state index in [-0.39, 0.29) is 12.1 Å². The van der Waals surface area contributed by atoms with Crippen molar-refractivity contribution < 1.29 is 9.47 Å². The number of hydrogen-bond acceptors (Lipinski definition) is 4. The van der Waals surface area contributed by atoms with E-state index in [1.165, 1.54) is 0 Å². The van der Waals surface area contributed by atoms with Gasteiger partial charge < -0.3 is 14.8 Å². The molecule has 0 aromatic carbocycles. The predicted octanol–water partition coefficient (Wildman–Crippen LogP) is 2.56. The van der Waals surface area contributed by atoms with Gasteiger partial charge in [-0.1, -0.05) is 13.0 Å². The van der Waals surface area contributed by atoms with Crippen molar-refractivity contribution in [1.29, 1.82) is 0 Å². The normalized spacial score (nSPS) is 12.7. The highest BCUT2D eigenvalue weighted by Gasteiger charge is 2.16. The van der Waals surface area contributed by atoms with Crippen LogP contribution in [0.25, 0.3) is 0 Å². The van der Waals surface area contributed by atoms with Gasteiger partial charge in [-0.05, 0) is 32.9 Å². The van der Waals surface area contributed by atoms with Gasteiger partial charge in [-0.25, -0.2) is 4.98 Å². The summed E-state index contributed by atoms with van der Waals surface area (Å²) in [7, 11) is 1.64. The molecule has 0 radical (unpaired) electrons. The third-order valence-electron chi connectivity index (χ3n) is 2.61. The molecule has 0 amide bonds. The van der Waals surface area contributed by atoms with E-state index in [2.05, 4.69) is 17.2 Å². The van der Waals surface area contributed by atoms with Crippen LogP contribution in [-0.2, 0) is 4.74 Å². The lowest BCUT2D eigenvalue weighted by Crippen LogP contribution is -2.28. The van der Waals surface area contributed by atoms with Crippen molar-refractivity contribution in [2.45, 2.75) is 39.3 Å². The number of pyridine rings is 1. The molecule has 0 saturated carbocycles. The molecule has 1 N–H and O–H groups in total. The summed E-state index contributed by atoms with van der Waals surface area (Å²) in [4.78, 5) is 4.24. The lowest BCUT2D eigenvalue weighted by molar-refractivity contribution is 0.0605. The first-order valence-electron chi connectivity index (χ1n) is 6.52. The SMILES string of the molecule is CCCNC(COC(C)C)c1cccnc1OC. The number of aromatic nitrogens is 1. The summed E-state index contributed by atoms with van der Waals surface area (Å²) >= 11 is 0. The Hall–Kier alpha value is -1.13. The van der Waals surface area contributed by atoms with Gasteiger partial charge in [0, 0.05) is 11.8 Å². The topological polar surface area (TPSA) is 43.4 Å². The molecule has 1 unspecified atom stereocenters. The maximum atomic E-state index is 5.71. The molecule has 0 spiro atoms. The van der Waals surface area contributed by atoms with Crippen LogP contribution < -0.4 is 10.1 Å². The minimum Gasteiger partial charge on any atom is -0.481 e. The van der Waals surface area contributed by atoms with Gasteiger partial charge in [0.25, 0.3) is 0 Å². The van der Waals surface area contributed by atoms with Crippen LogP contribution in [0.2, 0.25) is 0 Å². The molecule has 1 aromatic rings. The lowest BCUT2D eigenvalue weighted by Gasteiger charge is -2.21. The van der Waals surface area contributed by atoms with Gasteiger partial charge in [0.15, 0.2) is 0 Å². The summed E-state index contributed by atoms with van der Waals surface area (Å²) in [5.41, 5.74) is 1.05. The molecular formula is C14H24N2O2. The molecule has 102 valence electrons. The molecule has 1 aromatic heterocycles. The first-order chi connectivity index (χ1) is 8.69. The van der Waals surface area contributed by atoms with E-state index in [4.69, 9.17) is 9.47 Å². The minimum atomic E-state index is 0.121. The Morgan fingerprint density at radius 1 is 1.39 bits per heavy atom. The fourth-order valence-electron chi connectivity index (χ4n) is 1.70. The summed E-state index contributed by atoms with van der Waals surface area (Å²) in [6.07, 6.45) is 3.04. The Morgan fingerprint density at radius 3 is 2.78 bits per heavy atom. The van der Waals surface area contributed by atoms with Crippen LogP contribution in [-0.4, -0.2) is 31.3 Å². The highest BCUT2D eigenvalue weighted by atomic mass is 16.5. The zero-order valence-corrected chi connectivity index (χ0v) is 11.8. The second kappa shape index (κ2) is 8.06. The lowest BCUT2D eigenvalue weighted by atomic mass is 10.1. The Kier molecular flexibility index (Phi) is 6.68. The van der Waals surface area contributed by atoms with Gasteiger partial charge in [-0.3, -0.25) is 0 Å². The van der Waals surface area contributed by atoms with Crippen LogP contribution in [0.3, 0.4) is 0 Å². The Morgan fingerprint density at radius 2 is 2.17 bits per heavy atom. The fourth-order valence-corrected chi connectivity index (χ4v) is 1.70. The second-order valence-corrected chi connectivity index (χ2v) is 4.49. The van der Waals surface area contributed by atoms with Crippen molar-refractivity contribution in [2.75, 3.05) is 20.3 Å². The Balaban J connectivity index is 2.79. The third-order valence-corrected chi connectivity index (χ3v) is 2.61. The molecule has 4 heteroatoms. The van der Waals surface area contributed by atoms with E-state index in [9.17, 15) is 0 Å². The Bertz CT molecular complexity index is 342. The molecule has 0 fully saturated rings. The maximum absolute atomic E-state index is 5.71. The van der Waals surface area contributed by atoms with Gasteiger partial charge in [0.2, 0.25) is 5.88 Å². The fraction of sp³-hybridized carbons (Fsp3) is 0.643. The summed E-state index contributed by atoms with van der Waals surface area (Å²) in [5.74, 6) is 0.665. The number of nitrogens with one attached hydrogen (secondary N) is 1. The van der Waals surface area contributed by atoms with Crippen molar-refractivity contribution in [3.05, 3.63) is 23.9 Å². The summed E-state index contributed by atoms with van der Waals surface area (Å²) in [6, 6.07) is 4.08. The predicted molar refractivity (Wildman–Crippen MR) is 72.9 cm³/mol. The van der Waals surface area contributed by atoms with Gasteiger partial charge in [-0.2, -0.15) is 0 Å². The summed E-state index contributed by atoms with van der Waals surface area (Å²) in [5, 5.41) is 3.47. The van der Waals surface area contributed by atoms with Crippen molar-refractivity contribution in [3.63, 3.8) is 0 Å². The molecule has 18 heavy (non-hydrogen) atoms. The maximum Gasteiger partial charge on any atom is 0.217 e. The average Bonchev–Trinajstić information content (AvgIpc) is 2.38. The number of rotatable bonds is 8. The van der Waals surface area contributed by atoms with Crippen molar-refractivity contribution in [3.8, 4) is 5.88 Å². The highest BCUT2D eigenvalue weighted by molar-refractivity contribution is 5.29. The molecule has 0 saturated heterocycles. The Labute approximate surface area is 110 Å². The first kappa shape index (κ1) is 14.9. The molecule has 0 aliphatic rings. The molecule has 1 heterocycles. The van der Waals surface area contributed by atoms with Crippen LogP contribution in [0.5, 0.6) is 5.88 Å². The minimum absolute atomic E-state index is 0.121. The monoisotopic (exact) mass is 252 g/mol. The largest absolute Gasteiger partial charge is 0.481 e. The zero-order valence-electron chi connectivity index (χ0n) is 11.8. The molecule has 0 aliphatic heterocycles. The van der Waals surface area contributed by atoms with Crippen LogP contribution in [0.4, 0.5) is 0 Å². The molecule has 1 rings (SSSR count). The van der Waals surface area contributed by atoms with Crippen LogP contribution in [0.1, 0.15) is 38.8 Å². The number of hydrogen-bond donors (Lipinski definition) is 1. The van der Waals surface area contributed by atoms with Crippen LogP contribution in [0, 0.1) is 0 Å². The molecular weight excluding hydrogens is 228 g/mol. The van der Waals surface area contributed by atoms with Gasteiger partial charge in [0.05, 0.1) is 25.9 Å². The summed E-state index contributed by atoms with van der Waals surface area (Å²) < 4.78 is 11.0. The van der Waals surface area contributed by atoms with Crippen LogP contribution in [0.15, 0.2) is 18.3 Å². The van der Waals surface area contributed by atoms with Gasteiger partial charge >= 0.3 is 0 Å². The average molecular weight is 252 g/mol. The number of methoxy groups -OCH3 is 1. The number of nitrogens with zero attached hydrogens (tertiary/aromatic N) is 1. The van der Waals surface area contributed by atoms with Crippen LogP contribution >= 0.6 is 0 Å². The van der Waals surface area contributed by atoms with E-state index in [1.54, 1.807) is 13.3 Å². The number of ether oxygens (including phenoxy) is 2. The zero-order chi connectivity index (χ0) is 13.4. The van der Waals surface area contributed by atoms with E-state index >= 15 is 0 Å². The van der Waals surface area contributed by atoms with Crippen molar-refractivity contribution >= 4 is 0 Å². The second-order valence-electron chi connectivity index (χ2n) is 4.49. The van der Waals surface area contributed by atoms with Gasteiger partial charge in [0.1, 0.15) is 0 Å². The van der Waals surface area contributed by atoms with E-state index in [1.807, 2.05) is 26.0 Å². The van der Waals surface area contributed by atoms with E-state index in [0.29, 0.717) is 12.5 Å². The third kappa shape index (κ3) is 4.63. The van der Waals surface area contributed by atoms with Crippen molar-refractivity contribution in [1.82, 2.24) is 10.3 Å². The van der Waals surface area contributed by atoms with E-state index in [0.717, 1.165) is 18.5 Å². The smallest absolute Gasteiger partial charge is 0.217 e. The molecule has 4 nitrogen and oxygen atoms in total. The molecule has 0 aliphatic carbocycles. The molecule has 1 atom stereocenters. The molecule has 0 bridgehead atoms. The quantitative estimate of drug-likeness (QED) is 0.772. The first-order valence-corrected chi connectivity index (χ1v) is 6.52. The van der Waals surface area contributed by atoms with Gasteiger partial charge in [-0.15, -0.1) is 0 Å². The standard InChI is InChI=1S/C14H24N2O2/c1-5-8-15-13(10-18-11(2)3)12-7-6-9-16-14(12)17-4/h6-7,9,11,13,15H,5,8,10H2,1-4H3. The summed E-state index contributed by atoms with van der Waals surface area (Å²) in [6.45, 7) is 7.80. The highest BCUT2D eigenvalue weighted by Crippen LogP contribution is 2.22. The van der Waals surface area contributed by atoms with E-state index < -0.39 is 0 Å².